The summed E-state index contributed by atoms with van der Waals surface area (Å²) in [6.07, 6.45) is 15.0. The van der Waals surface area contributed by atoms with Crippen LogP contribution in [0.2, 0.25) is 0 Å². The number of nitrogens with zero attached hydrogens (tertiary/aromatic N) is 1. The molecule has 5 aliphatic rings. The number of fused-ring (bicyclic) bond motifs is 4. The van der Waals surface area contributed by atoms with Crippen LogP contribution < -0.4 is 0 Å². The summed E-state index contributed by atoms with van der Waals surface area (Å²) in [7, 11) is 0.466. The van der Waals surface area contributed by atoms with E-state index in [2.05, 4.69) is 34.6 Å². The molecule has 0 bridgehead atoms. The number of hydrogen-bond donors (Lipinski definition) is 1. The Morgan fingerprint density at radius 1 is 1.10 bits per heavy atom. The van der Waals surface area contributed by atoms with Crippen molar-refractivity contribution in [1.29, 1.82) is 0 Å². The van der Waals surface area contributed by atoms with Gasteiger partial charge in [0.05, 0.1) is 25.4 Å². The predicted octanol–water partition coefficient (Wildman–Crippen LogP) is 5.67. The summed E-state index contributed by atoms with van der Waals surface area (Å²) in [5, 5.41) is 10.7. The molecule has 4 aliphatic carbocycles. The van der Waals surface area contributed by atoms with Gasteiger partial charge in [-0.2, -0.15) is 0 Å². The van der Waals surface area contributed by atoms with Gasteiger partial charge in [0.25, 0.3) is 10.4 Å². The quantitative estimate of drug-likeness (QED) is 0.140. The van der Waals surface area contributed by atoms with Gasteiger partial charge in [0.15, 0.2) is 6.54 Å². The molecule has 230 valence electrons. The minimum atomic E-state index is -0.337. The summed E-state index contributed by atoms with van der Waals surface area (Å²) in [6, 6.07) is 0. The molecule has 6 nitrogen and oxygen atoms in total. The van der Waals surface area contributed by atoms with Gasteiger partial charge >= 0.3 is 5.97 Å². The van der Waals surface area contributed by atoms with Gasteiger partial charge in [0, 0.05) is 11.8 Å². The third-order valence-corrected chi connectivity index (χ3v) is 13.7. The van der Waals surface area contributed by atoms with Crippen LogP contribution in [0, 0.1) is 46.3 Å². The van der Waals surface area contributed by atoms with E-state index >= 15 is 0 Å². The Kier molecular flexibility index (Phi) is 8.94. The molecule has 1 spiro atoms. The highest BCUT2D eigenvalue weighted by atomic mass is 28.2. The second kappa shape index (κ2) is 11.6. The van der Waals surface area contributed by atoms with Gasteiger partial charge in [-0.3, -0.25) is 0 Å². The van der Waals surface area contributed by atoms with Crippen molar-refractivity contribution < 1.29 is 28.5 Å². The molecule has 5 fully saturated rings. The highest BCUT2D eigenvalue weighted by Crippen LogP contribution is 2.74. The van der Waals surface area contributed by atoms with Crippen LogP contribution in [0.4, 0.5) is 0 Å². The van der Waals surface area contributed by atoms with E-state index in [1.54, 1.807) is 6.92 Å². The lowest BCUT2D eigenvalue weighted by molar-refractivity contribution is -1.00. The van der Waals surface area contributed by atoms with Crippen LogP contribution in [0.25, 0.3) is 0 Å². The summed E-state index contributed by atoms with van der Waals surface area (Å²) in [4.78, 5) is 11.9. The molecule has 0 aromatic rings. The average Bonchev–Trinajstić information content (AvgIpc) is 3.44. The van der Waals surface area contributed by atoms with E-state index in [4.69, 9.17) is 14.2 Å². The highest BCUT2D eigenvalue weighted by Gasteiger charge is 2.76. The molecule has 40 heavy (non-hydrogen) atoms. The lowest BCUT2D eigenvalue weighted by Crippen LogP contribution is -2.59. The number of hydroxylamine groups is 2. The maximum Gasteiger partial charge on any atom is 0.362 e. The van der Waals surface area contributed by atoms with Gasteiger partial charge in [-0.1, -0.05) is 53.9 Å². The smallest absolute Gasteiger partial charge is 0.362 e. The molecule has 5 rings (SSSR count). The highest BCUT2D eigenvalue weighted by molar-refractivity contribution is 5.97. The van der Waals surface area contributed by atoms with Crippen molar-refractivity contribution in [2.75, 3.05) is 26.3 Å². The second-order valence-electron chi connectivity index (χ2n) is 15.8. The fourth-order valence-corrected chi connectivity index (χ4v) is 11.2. The van der Waals surface area contributed by atoms with E-state index in [1.165, 1.54) is 57.8 Å². The lowest BCUT2D eigenvalue weighted by atomic mass is 9.44. The van der Waals surface area contributed by atoms with Gasteiger partial charge in [-0.25, -0.2) is 14.3 Å². The summed E-state index contributed by atoms with van der Waals surface area (Å²) in [5.74, 6) is 4.73. The maximum absolute atomic E-state index is 11.9. The average molecular weight is 579 g/mol. The van der Waals surface area contributed by atoms with E-state index in [1.807, 2.05) is 0 Å². The van der Waals surface area contributed by atoms with Crippen molar-refractivity contribution in [3.63, 3.8) is 0 Å². The summed E-state index contributed by atoms with van der Waals surface area (Å²) < 4.78 is 17.9. The fraction of sp³-hybridized carbons (Fsp3) is 0.970. The molecule has 7 heteroatoms. The number of carbonyl (C=O) groups is 1. The first-order chi connectivity index (χ1) is 18.8. The zero-order valence-corrected chi connectivity index (χ0v) is 28.8. The first-order valence-corrected chi connectivity index (χ1v) is 17.8. The third-order valence-electron chi connectivity index (χ3n) is 12.9. The molecule has 0 aromatic carbocycles. The largest absolute Gasteiger partial charge is 0.462 e. The number of rotatable bonds is 12. The van der Waals surface area contributed by atoms with Crippen molar-refractivity contribution in [1.82, 2.24) is 0 Å². The van der Waals surface area contributed by atoms with E-state index in [9.17, 15) is 10.0 Å². The molecule has 1 aliphatic heterocycles. The molecule has 0 amide bonds. The van der Waals surface area contributed by atoms with Crippen LogP contribution in [0.1, 0.15) is 112 Å². The van der Waals surface area contributed by atoms with Crippen molar-refractivity contribution >= 4 is 16.4 Å². The minimum absolute atomic E-state index is 0.00399. The fourth-order valence-electron chi connectivity index (χ4n) is 10.8. The normalized spacial score (nSPS) is 44.2. The van der Waals surface area contributed by atoms with Crippen LogP contribution in [-0.4, -0.2) is 70.0 Å². The Morgan fingerprint density at radius 2 is 1.88 bits per heavy atom. The number of epoxide rings is 1. The maximum atomic E-state index is 11.9. The van der Waals surface area contributed by atoms with E-state index in [-0.39, 0.29) is 33.9 Å². The van der Waals surface area contributed by atoms with Crippen LogP contribution in [0.15, 0.2) is 0 Å². The third kappa shape index (κ3) is 5.60. The van der Waals surface area contributed by atoms with Gasteiger partial charge in [-0.15, -0.1) is 0 Å². The number of carbonyl (C=O) groups excluding carboxylic acids is 1. The zero-order valence-electron chi connectivity index (χ0n) is 26.8. The van der Waals surface area contributed by atoms with E-state index in [0.717, 1.165) is 48.3 Å². The Bertz CT molecular complexity index is 913. The number of ether oxygens (including phenoxy) is 3. The molecule has 1 N–H and O–H groups in total. The topological polar surface area (TPSA) is 68.3 Å². The van der Waals surface area contributed by atoms with Crippen LogP contribution in [0.5, 0.6) is 0 Å². The number of esters is 1. The minimum Gasteiger partial charge on any atom is -0.462 e. The molecule has 0 aromatic heterocycles. The lowest BCUT2D eigenvalue weighted by Gasteiger charge is -2.59. The Balaban J connectivity index is 1.18. The standard InChI is InChI=1S/C33H60NO5Si/c1-7-37-30(35)21-34(36,40)17-18-38-24-13-16-32(6)28-14-15-31(5)26(23(4)10-8-9-22(2)3)11-12-27(31)25(28)19-29-33(32,20-24)39-29/h22-29,36H,7-21H2,1-6,40H3/q+1/t23-,24+,25?,26-,27?,28?,29?,31-,32-,33?,34?/m1/s1. The molecular formula is C33H60NO5Si+. The summed E-state index contributed by atoms with van der Waals surface area (Å²) >= 11 is 0. The van der Waals surface area contributed by atoms with Gasteiger partial charge in [-0.05, 0) is 92.8 Å². The Hall–Kier alpha value is -0.473. The van der Waals surface area contributed by atoms with Crippen LogP contribution >= 0.6 is 0 Å². The second-order valence-corrected chi connectivity index (χ2v) is 17.5. The first-order valence-electron chi connectivity index (χ1n) is 16.9. The molecule has 1 saturated heterocycles. The molecule has 0 radical (unpaired) electrons. The molecular weight excluding hydrogens is 518 g/mol. The Labute approximate surface area is 247 Å². The Morgan fingerprint density at radius 3 is 2.60 bits per heavy atom. The molecule has 1 heterocycles. The first kappa shape index (κ1) is 31.0. The van der Waals surface area contributed by atoms with Crippen LogP contribution in [0.3, 0.4) is 0 Å². The SMILES string of the molecule is CCOC(=O)C[N+](O)([SiH3])CCO[C@H]1CC[C@]2(C)C3CC[C@@]4(C)C(CC[C@@H]4[C@H](C)CCCC(C)C)C3CC3OC32C1. The van der Waals surface area contributed by atoms with Gasteiger partial charge < -0.3 is 14.2 Å². The number of hydrogen-bond acceptors (Lipinski definition) is 5. The summed E-state index contributed by atoms with van der Waals surface area (Å²) in [6.45, 7) is 15.6. The van der Waals surface area contributed by atoms with Crippen molar-refractivity contribution in [2.45, 2.75) is 130 Å². The molecule has 11 atom stereocenters. The summed E-state index contributed by atoms with van der Waals surface area (Å²) in [5.41, 5.74) is 0.789. The predicted molar refractivity (Wildman–Crippen MR) is 161 cm³/mol. The van der Waals surface area contributed by atoms with Crippen molar-refractivity contribution in [3.05, 3.63) is 0 Å². The molecule has 6 unspecified atom stereocenters. The monoisotopic (exact) mass is 578 g/mol. The zero-order chi connectivity index (χ0) is 28.9. The van der Waals surface area contributed by atoms with E-state index < -0.39 is 0 Å². The van der Waals surface area contributed by atoms with Crippen LogP contribution in [-0.2, 0) is 19.0 Å². The van der Waals surface area contributed by atoms with Crippen molar-refractivity contribution in [2.24, 2.45) is 46.3 Å². The van der Waals surface area contributed by atoms with Gasteiger partial charge in [0.2, 0.25) is 0 Å². The van der Waals surface area contributed by atoms with Gasteiger partial charge in [0.1, 0.15) is 12.1 Å². The van der Waals surface area contributed by atoms with E-state index in [0.29, 0.717) is 41.7 Å². The van der Waals surface area contributed by atoms with Crippen molar-refractivity contribution in [3.8, 4) is 0 Å². The number of quaternary nitrogens is 1. The molecule has 4 saturated carbocycles.